The lowest BCUT2D eigenvalue weighted by Gasteiger charge is -2.35. The number of aliphatic hydroxyl groups excluding tert-OH is 1. The van der Waals surface area contributed by atoms with Gasteiger partial charge in [0.05, 0.1) is 43.6 Å². The number of benzene rings is 1. The monoisotopic (exact) mass is 614 g/mol. The molecule has 2 N–H and O–H groups in total. The average molecular weight is 615 g/mol. The van der Waals surface area contributed by atoms with Crippen molar-refractivity contribution in [3.05, 3.63) is 68.4 Å². The summed E-state index contributed by atoms with van der Waals surface area (Å²) >= 11 is 1.15. The highest BCUT2D eigenvalue weighted by atomic mass is 32.1. The van der Waals surface area contributed by atoms with Crippen LogP contribution < -0.4 is 21.3 Å². The van der Waals surface area contributed by atoms with Gasteiger partial charge in [0.1, 0.15) is 33.0 Å². The van der Waals surface area contributed by atoms with Crippen molar-refractivity contribution < 1.29 is 23.8 Å². The molecule has 43 heavy (non-hydrogen) atoms. The highest BCUT2D eigenvalue weighted by Gasteiger charge is 2.37. The molecular weight excluding hydrogens is 579 g/mol. The summed E-state index contributed by atoms with van der Waals surface area (Å²) in [6.45, 7) is 8.20. The van der Waals surface area contributed by atoms with E-state index in [9.17, 15) is 23.9 Å². The van der Waals surface area contributed by atoms with E-state index in [0.717, 1.165) is 15.9 Å². The fourth-order valence-corrected chi connectivity index (χ4v) is 6.48. The van der Waals surface area contributed by atoms with Crippen molar-refractivity contribution in [2.45, 2.75) is 83.9 Å². The molecule has 1 aromatic carbocycles. The second-order valence-corrected chi connectivity index (χ2v) is 12.5. The maximum atomic E-state index is 14.6. The van der Waals surface area contributed by atoms with Gasteiger partial charge in [-0.1, -0.05) is 11.3 Å². The number of aryl methyl sites for hydroxylation is 1. The highest BCUT2D eigenvalue weighted by Crippen LogP contribution is 2.37. The quantitative estimate of drug-likeness (QED) is 0.278. The van der Waals surface area contributed by atoms with E-state index in [1.54, 1.807) is 20.8 Å². The largest absolute Gasteiger partial charge is 0.496 e. The van der Waals surface area contributed by atoms with Crippen molar-refractivity contribution in [2.75, 3.05) is 7.11 Å². The molecule has 230 valence electrons. The molecule has 4 aromatic rings. The standard InChI is InChI=1S/C29H35FN6O6S/c1-15(2)33-27(39)29(4,5)35-24(38)23-16(3)25(36-31-9-10-32-36)43-26(23)34(28(35)40)14-22(42-19-12-18(37)13-19)20-11-17(30)7-8-21(20)41-6/h7-11,15,18-19,22,37H,12-14H2,1-6H3,(H,33,39)/t18-,19+,22-/m0/s1. The number of hydrogen-bond acceptors (Lipinski definition) is 9. The van der Waals surface area contributed by atoms with Crippen molar-refractivity contribution in [3.8, 4) is 10.8 Å². The van der Waals surface area contributed by atoms with Crippen LogP contribution in [0.2, 0.25) is 0 Å². The van der Waals surface area contributed by atoms with Crippen molar-refractivity contribution in [1.29, 1.82) is 0 Å². The molecule has 14 heteroatoms. The molecule has 0 unspecified atom stereocenters. The third-order valence-electron chi connectivity index (χ3n) is 7.64. The lowest BCUT2D eigenvalue weighted by Crippen LogP contribution is -2.56. The first-order valence-corrected chi connectivity index (χ1v) is 14.8. The van der Waals surface area contributed by atoms with E-state index in [1.807, 2.05) is 0 Å². The number of aromatic nitrogens is 5. The Labute approximate surface area is 250 Å². The minimum atomic E-state index is -1.57. The molecule has 3 heterocycles. The van der Waals surface area contributed by atoms with E-state index < -0.39 is 40.7 Å². The number of aliphatic hydroxyl groups is 1. The van der Waals surface area contributed by atoms with E-state index in [2.05, 4.69) is 15.5 Å². The van der Waals surface area contributed by atoms with Gasteiger partial charge in [-0.3, -0.25) is 14.2 Å². The van der Waals surface area contributed by atoms with Gasteiger partial charge in [0, 0.05) is 17.2 Å². The lowest BCUT2D eigenvalue weighted by atomic mass is 9.92. The van der Waals surface area contributed by atoms with E-state index in [0.29, 0.717) is 39.5 Å². The molecule has 0 radical (unpaired) electrons. The molecule has 1 aliphatic rings. The van der Waals surface area contributed by atoms with Crippen LogP contribution in [0.1, 0.15) is 57.8 Å². The van der Waals surface area contributed by atoms with Gasteiger partial charge < -0.3 is 19.9 Å². The summed E-state index contributed by atoms with van der Waals surface area (Å²) in [7, 11) is 1.45. The average Bonchev–Trinajstić information content (AvgIpc) is 3.57. The number of amides is 1. The van der Waals surface area contributed by atoms with Gasteiger partial charge in [-0.05, 0) is 65.7 Å². The number of nitrogens with zero attached hydrogens (tertiary/aromatic N) is 5. The zero-order valence-corrected chi connectivity index (χ0v) is 25.6. The molecule has 1 amide bonds. The molecule has 1 fully saturated rings. The summed E-state index contributed by atoms with van der Waals surface area (Å²) in [6, 6.07) is 3.80. The lowest BCUT2D eigenvalue weighted by molar-refractivity contribution is -0.129. The Bertz CT molecular complexity index is 1770. The van der Waals surface area contributed by atoms with Gasteiger partial charge in [0.2, 0.25) is 5.91 Å². The molecule has 0 bridgehead atoms. The molecule has 0 spiro atoms. The Kier molecular flexibility index (Phi) is 8.29. The number of halogens is 1. The van der Waals surface area contributed by atoms with E-state index in [4.69, 9.17) is 9.47 Å². The van der Waals surface area contributed by atoms with Crippen LogP contribution in [0.4, 0.5) is 4.39 Å². The Morgan fingerprint density at radius 2 is 1.91 bits per heavy atom. The van der Waals surface area contributed by atoms with Crippen LogP contribution in [0, 0.1) is 12.7 Å². The van der Waals surface area contributed by atoms with Crippen LogP contribution in [-0.4, -0.2) is 60.5 Å². The Balaban J connectivity index is 1.76. The van der Waals surface area contributed by atoms with E-state index in [1.165, 1.54) is 60.9 Å². The molecule has 12 nitrogen and oxygen atoms in total. The number of nitrogens with one attached hydrogen (secondary N) is 1. The molecule has 3 aromatic heterocycles. The minimum Gasteiger partial charge on any atom is -0.496 e. The molecule has 1 saturated carbocycles. The Hall–Kier alpha value is -3.88. The maximum absolute atomic E-state index is 14.6. The van der Waals surface area contributed by atoms with Crippen molar-refractivity contribution >= 4 is 27.5 Å². The predicted molar refractivity (Wildman–Crippen MR) is 158 cm³/mol. The molecule has 0 aliphatic heterocycles. The number of ether oxygens (including phenoxy) is 2. The Morgan fingerprint density at radius 3 is 2.51 bits per heavy atom. The number of carbonyl (C=O) groups is 1. The maximum Gasteiger partial charge on any atom is 0.333 e. The SMILES string of the molecule is COc1ccc(F)cc1[C@H](Cn1c(=O)n(C(C)(C)C(=O)NC(C)C)c(=O)c2c(C)c(-n3nccn3)sc21)O[C@H]1C[C@@H](O)C1. The predicted octanol–water partition coefficient (Wildman–Crippen LogP) is 2.80. The van der Waals surface area contributed by atoms with Crippen LogP contribution >= 0.6 is 11.3 Å². The zero-order valence-electron chi connectivity index (χ0n) is 24.8. The molecule has 0 saturated heterocycles. The highest BCUT2D eigenvalue weighted by molar-refractivity contribution is 7.21. The fourth-order valence-electron chi connectivity index (χ4n) is 5.26. The van der Waals surface area contributed by atoms with Crippen molar-refractivity contribution in [2.24, 2.45) is 0 Å². The van der Waals surface area contributed by atoms with Gasteiger partial charge in [-0.2, -0.15) is 10.2 Å². The fraction of sp³-hybridized carbons (Fsp3) is 0.483. The minimum absolute atomic E-state index is 0.143. The smallest absolute Gasteiger partial charge is 0.333 e. The normalized spacial score (nSPS) is 17.7. The summed E-state index contributed by atoms with van der Waals surface area (Å²) in [4.78, 5) is 43.5. The Morgan fingerprint density at radius 1 is 1.23 bits per heavy atom. The topological polar surface area (TPSA) is 142 Å². The molecule has 1 atom stereocenters. The van der Waals surface area contributed by atoms with Gasteiger partial charge in [-0.15, -0.1) is 4.80 Å². The zero-order chi connectivity index (χ0) is 31.2. The van der Waals surface area contributed by atoms with Gasteiger partial charge >= 0.3 is 5.69 Å². The van der Waals surface area contributed by atoms with E-state index >= 15 is 0 Å². The first kappa shape index (κ1) is 30.6. The number of thiophene rings is 1. The summed E-state index contributed by atoms with van der Waals surface area (Å²) in [5.74, 6) is -0.673. The third-order valence-corrected chi connectivity index (χ3v) is 8.92. The first-order chi connectivity index (χ1) is 20.3. The molecule has 5 rings (SSSR count). The van der Waals surface area contributed by atoms with Crippen LogP contribution in [0.3, 0.4) is 0 Å². The van der Waals surface area contributed by atoms with Crippen LogP contribution in [0.15, 0.2) is 40.2 Å². The second-order valence-electron chi connectivity index (χ2n) is 11.5. The number of carbonyl (C=O) groups excluding carboxylic acids is 1. The van der Waals surface area contributed by atoms with Gasteiger partial charge in [0.15, 0.2) is 0 Å². The number of hydrogen-bond donors (Lipinski definition) is 2. The summed E-state index contributed by atoms with van der Waals surface area (Å²) in [5, 5.41) is 21.9. The second kappa shape index (κ2) is 11.7. The number of rotatable bonds is 10. The van der Waals surface area contributed by atoms with Gasteiger partial charge in [-0.25, -0.2) is 13.8 Å². The van der Waals surface area contributed by atoms with Crippen molar-refractivity contribution in [1.82, 2.24) is 29.4 Å². The number of fused-ring (bicyclic) bond motifs is 1. The van der Waals surface area contributed by atoms with Crippen LogP contribution in [0.5, 0.6) is 5.75 Å². The summed E-state index contributed by atoms with van der Waals surface area (Å²) in [5.41, 5.74) is -2.04. The van der Waals surface area contributed by atoms with Gasteiger partial charge in [0.25, 0.3) is 5.56 Å². The molecule has 1 aliphatic carbocycles. The summed E-state index contributed by atoms with van der Waals surface area (Å²) < 4.78 is 28.8. The number of methoxy groups -OCH3 is 1. The van der Waals surface area contributed by atoms with Crippen LogP contribution in [-0.2, 0) is 21.6 Å². The molecular formula is C29H35FN6O6S. The van der Waals surface area contributed by atoms with Crippen LogP contribution in [0.25, 0.3) is 15.2 Å². The third kappa shape index (κ3) is 5.61. The van der Waals surface area contributed by atoms with Crippen molar-refractivity contribution in [3.63, 3.8) is 0 Å². The summed E-state index contributed by atoms with van der Waals surface area (Å²) in [6.07, 6.45) is 2.01. The first-order valence-electron chi connectivity index (χ1n) is 14.0. The van der Waals surface area contributed by atoms with E-state index in [-0.39, 0.29) is 24.1 Å².